The third kappa shape index (κ3) is 5.15. The Labute approximate surface area is 223 Å². The van der Waals surface area contributed by atoms with E-state index in [-0.39, 0.29) is 17.7 Å². The van der Waals surface area contributed by atoms with Gasteiger partial charge in [-0.2, -0.15) is 0 Å². The Morgan fingerprint density at radius 2 is 1.84 bits per heavy atom. The van der Waals surface area contributed by atoms with Crippen LogP contribution in [0.1, 0.15) is 58.3 Å². The van der Waals surface area contributed by atoms with Crippen molar-refractivity contribution in [3.8, 4) is 17.2 Å². The molecule has 0 saturated heterocycles. The average Bonchev–Trinajstić information content (AvgIpc) is 3.34. The molecule has 0 radical (unpaired) electrons. The van der Waals surface area contributed by atoms with E-state index in [9.17, 15) is 9.90 Å². The molecule has 1 amide bonds. The van der Waals surface area contributed by atoms with Crippen molar-refractivity contribution in [1.82, 2.24) is 19.8 Å². The van der Waals surface area contributed by atoms with Gasteiger partial charge < -0.3 is 19.7 Å². The van der Waals surface area contributed by atoms with E-state index < -0.39 is 0 Å². The fraction of sp³-hybridized carbons (Fsp3) is 0.290. The number of carbonyl (C=O) groups excluding carboxylic acids is 1. The van der Waals surface area contributed by atoms with Crippen LogP contribution in [0.25, 0.3) is 0 Å². The predicted molar refractivity (Wildman–Crippen MR) is 148 cm³/mol. The van der Waals surface area contributed by atoms with E-state index in [1.54, 1.807) is 6.33 Å². The van der Waals surface area contributed by atoms with E-state index in [1.165, 1.54) is 0 Å². The molecule has 0 bridgehead atoms. The lowest BCUT2D eigenvalue weighted by atomic mass is 9.87. The van der Waals surface area contributed by atoms with E-state index in [1.807, 2.05) is 92.4 Å². The van der Waals surface area contributed by atoms with Crippen LogP contribution in [0, 0.1) is 6.92 Å². The summed E-state index contributed by atoms with van der Waals surface area (Å²) in [5.74, 6) is 1.26. The molecule has 196 valence electrons. The van der Waals surface area contributed by atoms with Crippen molar-refractivity contribution in [3.05, 3.63) is 107 Å². The summed E-state index contributed by atoms with van der Waals surface area (Å²) in [6.07, 6.45) is 2.53. The maximum absolute atomic E-state index is 12.9. The highest BCUT2D eigenvalue weighted by atomic mass is 16.5. The van der Waals surface area contributed by atoms with E-state index >= 15 is 0 Å². The van der Waals surface area contributed by atoms with Gasteiger partial charge in [-0.25, -0.2) is 4.98 Å². The SMILES string of the molecule is CCN(CC)C(=O)c1ccc([C@H]2c3cc(Oc4ccccc4)c(O)cc3CCN2Cc2[nH]cnc2C)cc1. The molecule has 38 heavy (non-hydrogen) atoms. The molecule has 2 N–H and O–H groups in total. The molecule has 5 rings (SSSR count). The number of nitrogens with zero attached hydrogens (tertiary/aromatic N) is 3. The molecule has 7 heteroatoms. The van der Waals surface area contributed by atoms with Crippen molar-refractivity contribution in [3.63, 3.8) is 0 Å². The Bertz CT molecular complexity index is 1390. The second-order valence-electron chi connectivity index (χ2n) is 9.62. The minimum Gasteiger partial charge on any atom is -0.504 e. The van der Waals surface area contributed by atoms with Gasteiger partial charge in [0.1, 0.15) is 5.75 Å². The Hall–Kier alpha value is -4.10. The van der Waals surface area contributed by atoms with Crippen molar-refractivity contribution in [2.45, 2.75) is 39.8 Å². The summed E-state index contributed by atoms with van der Waals surface area (Å²) < 4.78 is 6.09. The highest BCUT2D eigenvalue weighted by molar-refractivity contribution is 5.94. The number of amides is 1. The summed E-state index contributed by atoms with van der Waals surface area (Å²) in [5, 5.41) is 10.8. The summed E-state index contributed by atoms with van der Waals surface area (Å²) >= 11 is 0. The lowest BCUT2D eigenvalue weighted by Crippen LogP contribution is -2.36. The average molecular weight is 511 g/mol. The quantitative estimate of drug-likeness (QED) is 0.311. The number of benzene rings is 3. The van der Waals surface area contributed by atoms with Crippen molar-refractivity contribution in [2.24, 2.45) is 0 Å². The standard InChI is InChI=1S/C31H34N4O3/c1-4-34(5-2)31(37)23-13-11-22(12-14-23)30-26-18-29(38-25-9-7-6-8-10-25)28(36)17-24(26)15-16-35(30)19-27-21(3)32-20-33-27/h6-14,17-18,20,30,36H,4-5,15-16,19H2,1-3H3,(H,32,33)/t30-/m0/s1. The number of phenols is 1. The lowest BCUT2D eigenvalue weighted by Gasteiger charge is -2.38. The van der Waals surface area contributed by atoms with Gasteiger partial charge in [-0.05, 0) is 80.3 Å². The molecule has 1 aliphatic heterocycles. The number of ether oxygens (including phenoxy) is 1. The zero-order valence-corrected chi connectivity index (χ0v) is 22.1. The Balaban J connectivity index is 1.54. The molecule has 0 spiro atoms. The highest BCUT2D eigenvalue weighted by Gasteiger charge is 2.31. The van der Waals surface area contributed by atoms with E-state index in [2.05, 4.69) is 14.9 Å². The maximum atomic E-state index is 12.9. The van der Waals surface area contributed by atoms with Crippen molar-refractivity contribution < 1.29 is 14.6 Å². The minimum absolute atomic E-state index is 0.0407. The zero-order valence-electron chi connectivity index (χ0n) is 22.1. The maximum Gasteiger partial charge on any atom is 0.253 e. The first-order valence-electron chi connectivity index (χ1n) is 13.2. The van der Waals surface area contributed by atoms with Gasteiger partial charge in [-0.15, -0.1) is 0 Å². The molecule has 7 nitrogen and oxygen atoms in total. The first kappa shape index (κ1) is 25.5. The molecule has 1 atom stereocenters. The van der Waals surface area contributed by atoms with Crippen LogP contribution in [0.15, 0.2) is 73.1 Å². The van der Waals surface area contributed by atoms with E-state index in [0.717, 1.165) is 41.0 Å². The van der Waals surface area contributed by atoms with Crippen LogP contribution < -0.4 is 4.74 Å². The number of aromatic amines is 1. The second kappa shape index (κ2) is 11.1. The first-order valence-corrected chi connectivity index (χ1v) is 13.2. The highest BCUT2D eigenvalue weighted by Crippen LogP contribution is 2.42. The van der Waals surface area contributed by atoms with Crippen LogP contribution in [-0.2, 0) is 13.0 Å². The fourth-order valence-corrected chi connectivity index (χ4v) is 5.20. The van der Waals surface area contributed by atoms with Crippen molar-refractivity contribution in [2.75, 3.05) is 19.6 Å². The van der Waals surface area contributed by atoms with Crippen LogP contribution in [0.3, 0.4) is 0 Å². The molecule has 2 heterocycles. The molecule has 0 aliphatic carbocycles. The number of aromatic nitrogens is 2. The molecular weight excluding hydrogens is 476 g/mol. The van der Waals surface area contributed by atoms with Gasteiger partial charge in [-0.3, -0.25) is 9.69 Å². The van der Waals surface area contributed by atoms with Gasteiger partial charge in [0.25, 0.3) is 5.91 Å². The number of aryl methyl sites for hydroxylation is 1. The smallest absolute Gasteiger partial charge is 0.253 e. The second-order valence-corrected chi connectivity index (χ2v) is 9.62. The number of fused-ring (bicyclic) bond motifs is 1. The van der Waals surface area contributed by atoms with Crippen LogP contribution in [0.4, 0.5) is 0 Å². The molecule has 1 aromatic heterocycles. The normalized spacial score (nSPS) is 15.2. The fourth-order valence-electron chi connectivity index (χ4n) is 5.20. The van der Waals surface area contributed by atoms with Gasteiger partial charge in [0, 0.05) is 31.7 Å². The molecule has 4 aromatic rings. The number of hydrogen-bond acceptors (Lipinski definition) is 5. The van der Waals surface area contributed by atoms with E-state index in [4.69, 9.17) is 4.74 Å². The van der Waals surface area contributed by atoms with Crippen molar-refractivity contribution >= 4 is 5.91 Å². The molecule has 0 fully saturated rings. The summed E-state index contributed by atoms with van der Waals surface area (Å²) in [7, 11) is 0. The molecule has 0 unspecified atom stereocenters. The van der Waals surface area contributed by atoms with Gasteiger partial charge in [0.05, 0.1) is 23.8 Å². The number of para-hydroxylation sites is 1. The molecule has 0 saturated carbocycles. The summed E-state index contributed by atoms with van der Waals surface area (Å²) in [5.41, 5.74) is 5.99. The summed E-state index contributed by atoms with van der Waals surface area (Å²) in [4.78, 5) is 24.8. The Morgan fingerprint density at radius 1 is 1.11 bits per heavy atom. The zero-order chi connectivity index (χ0) is 26.6. The molecule has 3 aromatic carbocycles. The predicted octanol–water partition coefficient (Wildman–Crippen LogP) is 5.85. The Morgan fingerprint density at radius 3 is 2.50 bits per heavy atom. The molecular formula is C31H34N4O3. The number of rotatable bonds is 8. The number of imidazole rings is 1. The number of nitrogens with one attached hydrogen (secondary N) is 1. The van der Waals surface area contributed by atoms with Crippen LogP contribution in [0.2, 0.25) is 0 Å². The minimum atomic E-state index is -0.0854. The summed E-state index contributed by atoms with van der Waals surface area (Å²) in [6, 6.07) is 21.1. The van der Waals surface area contributed by atoms with Gasteiger partial charge in [0.2, 0.25) is 0 Å². The van der Waals surface area contributed by atoms with Gasteiger partial charge in [-0.1, -0.05) is 30.3 Å². The van der Waals surface area contributed by atoms with Crippen molar-refractivity contribution in [1.29, 1.82) is 0 Å². The lowest BCUT2D eigenvalue weighted by molar-refractivity contribution is 0.0773. The van der Waals surface area contributed by atoms with Gasteiger partial charge in [0.15, 0.2) is 11.5 Å². The third-order valence-electron chi connectivity index (χ3n) is 7.34. The number of aromatic hydroxyl groups is 1. The number of carbonyl (C=O) groups is 1. The molecule has 1 aliphatic rings. The van der Waals surface area contributed by atoms with Crippen LogP contribution in [0.5, 0.6) is 17.2 Å². The number of hydrogen-bond donors (Lipinski definition) is 2. The van der Waals surface area contributed by atoms with Crippen LogP contribution in [-0.4, -0.2) is 50.4 Å². The Kier molecular flexibility index (Phi) is 7.47. The van der Waals surface area contributed by atoms with Gasteiger partial charge >= 0.3 is 0 Å². The van der Waals surface area contributed by atoms with E-state index in [0.29, 0.717) is 36.7 Å². The topological polar surface area (TPSA) is 81.7 Å². The number of phenolic OH excluding ortho intramolecular Hbond substituents is 1. The summed E-state index contributed by atoms with van der Waals surface area (Å²) in [6.45, 7) is 8.87. The monoisotopic (exact) mass is 510 g/mol. The number of H-pyrrole nitrogens is 1. The first-order chi connectivity index (χ1) is 18.5. The largest absolute Gasteiger partial charge is 0.504 e. The van der Waals surface area contributed by atoms with Crippen LogP contribution >= 0.6 is 0 Å². The third-order valence-corrected chi connectivity index (χ3v) is 7.34.